The molecular formula is C17H25ClF4O. The Bertz CT molecular complexity index is 501. The van der Waals surface area contributed by atoms with Gasteiger partial charge in [0, 0.05) is 5.41 Å². The van der Waals surface area contributed by atoms with E-state index in [4.69, 9.17) is 11.6 Å². The Labute approximate surface area is 140 Å². The second kappa shape index (κ2) is 6.30. The lowest BCUT2D eigenvalue weighted by atomic mass is 9.73. The Hall–Kier alpha value is -0.710. The van der Waals surface area contributed by atoms with Crippen LogP contribution in [0.25, 0.3) is 0 Å². The van der Waals surface area contributed by atoms with Gasteiger partial charge in [-0.15, -0.1) is 0 Å². The van der Waals surface area contributed by atoms with Crippen LogP contribution in [0.2, 0.25) is 0 Å². The summed E-state index contributed by atoms with van der Waals surface area (Å²) in [5.74, 6) is -4.68. The number of ether oxygens (including phenoxy) is 1. The summed E-state index contributed by atoms with van der Waals surface area (Å²) in [5, 5.41) is 0.0448. The van der Waals surface area contributed by atoms with Gasteiger partial charge < -0.3 is 4.74 Å². The molecule has 0 amide bonds. The SMILES string of the molecule is CCC(C)(C)C1C=CC(OC(F)(F)C(F)(F)C(C)(C)C)=C(Cl)C1. The van der Waals surface area contributed by atoms with E-state index in [1.807, 2.05) is 20.8 Å². The van der Waals surface area contributed by atoms with Crippen LogP contribution in [-0.4, -0.2) is 12.0 Å². The van der Waals surface area contributed by atoms with E-state index in [0.717, 1.165) is 27.2 Å². The lowest BCUT2D eigenvalue weighted by Gasteiger charge is -2.37. The maximum absolute atomic E-state index is 14.0. The molecule has 1 rings (SSSR count). The summed E-state index contributed by atoms with van der Waals surface area (Å²) >= 11 is 6.04. The van der Waals surface area contributed by atoms with Crippen LogP contribution in [0.15, 0.2) is 22.9 Å². The van der Waals surface area contributed by atoms with Crippen LogP contribution in [0.3, 0.4) is 0 Å². The Morgan fingerprint density at radius 3 is 2.04 bits per heavy atom. The smallest absolute Gasteiger partial charge is 0.427 e. The Balaban J connectivity index is 2.99. The monoisotopic (exact) mass is 356 g/mol. The molecule has 0 aliphatic heterocycles. The molecule has 0 aromatic rings. The van der Waals surface area contributed by atoms with Gasteiger partial charge in [-0.1, -0.05) is 65.6 Å². The zero-order valence-corrected chi connectivity index (χ0v) is 15.2. The lowest BCUT2D eigenvalue weighted by molar-refractivity contribution is -0.359. The highest BCUT2D eigenvalue weighted by atomic mass is 35.5. The molecule has 1 aliphatic rings. The normalized spacial score (nSPS) is 20.9. The third-order valence-electron chi connectivity index (χ3n) is 4.61. The molecule has 0 heterocycles. The number of halogens is 5. The number of hydrogen-bond acceptors (Lipinski definition) is 1. The molecule has 1 aliphatic carbocycles. The van der Waals surface area contributed by atoms with Crippen LogP contribution in [-0.2, 0) is 4.74 Å². The third kappa shape index (κ3) is 4.04. The van der Waals surface area contributed by atoms with Crippen LogP contribution in [0.4, 0.5) is 17.6 Å². The van der Waals surface area contributed by atoms with Crippen molar-refractivity contribution in [2.45, 2.75) is 66.4 Å². The van der Waals surface area contributed by atoms with E-state index in [0.29, 0.717) is 6.42 Å². The van der Waals surface area contributed by atoms with Crippen molar-refractivity contribution >= 4 is 11.6 Å². The summed E-state index contributed by atoms with van der Waals surface area (Å²) in [5.41, 5.74) is -2.02. The second-order valence-corrected chi connectivity index (χ2v) is 8.18. The van der Waals surface area contributed by atoms with Crippen LogP contribution < -0.4 is 0 Å². The van der Waals surface area contributed by atoms with Crippen molar-refractivity contribution in [3.8, 4) is 0 Å². The molecule has 1 nitrogen and oxygen atoms in total. The second-order valence-electron chi connectivity index (χ2n) is 7.72. The molecule has 0 aromatic heterocycles. The van der Waals surface area contributed by atoms with E-state index in [1.54, 1.807) is 6.08 Å². The fourth-order valence-electron chi connectivity index (χ4n) is 2.18. The number of rotatable bonds is 5. The van der Waals surface area contributed by atoms with E-state index in [2.05, 4.69) is 4.74 Å². The fraction of sp³-hybridized carbons (Fsp3) is 0.765. The van der Waals surface area contributed by atoms with Gasteiger partial charge >= 0.3 is 12.0 Å². The Morgan fingerprint density at radius 1 is 1.13 bits per heavy atom. The molecule has 1 atom stereocenters. The van der Waals surface area contributed by atoms with Crippen LogP contribution in [0.1, 0.15) is 54.4 Å². The van der Waals surface area contributed by atoms with Crippen molar-refractivity contribution in [1.82, 2.24) is 0 Å². The molecule has 0 spiro atoms. The van der Waals surface area contributed by atoms with Gasteiger partial charge in [-0.05, 0) is 23.8 Å². The maximum Gasteiger partial charge on any atom is 0.464 e. The Morgan fingerprint density at radius 2 is 1.65 bits per heavy atom. The van der Waals surface area contributed by atoms with Gasteiger partial charge in [0.1, 0.15) is 5.76 Å². The quantitative estimate of drug-likeness (QED) is 0.495. The van der Waals surface area contributed by atoms with Crippen molar-refractivity contribution in [3.05, 3.63) is 22.9 Å². The van der Waals surface area contributed by atoms with Crippen LogP contribution >= 0.6 is 11.6 Å². The molecule has 0 fully saturated rings. The molecular weight excluding hydrogens is 332 g/mol. The van der Waals surface area contributed by atoms with Crippen molar-refractivity contribution in [2.24, 2.45) is 16.7 Å². The van der Waals surface area contributed by atoms with Crippen LogP contribution in [0.5, 0.6) is 0 Å². The lowest BCUT2D eigenvalue weighted by Crippen LogP contribution is -2.51. The number of alkyl halides is 4. The van der Waals surface area contributed by atoms with Crippen molar-refractivity contribution in [2.75, 3.05) is 0 Å². The highest BCUT2D eigenvalue weighted by Gasteiger charge is 2.66. The van der Waals surface area contributed by atoms with Crippen molar-refractivity contribution in [1.29, 1.82) is 0 Å². The average molecular weight is 357 g/mol. The molecule has 1 unspecified atom stereocenters. The Kier molecular flexibility index (Phi) is 5.57. The largest absolute Gasteiger partial charge is 0.464 e. The highest BCUT2D eigenvalue weighted by molar-refractivity contribution is 6.30. The molecule has 0 aromatic carbocycles. The summed E-state index contributed by atoms with van der Waals surface area (Å²) < 4.78 is 60.2. The molecule has 0 bridgehead atoms. The van der Waals surface area contributed by atoms with E-state index in [9.17, 15) is 17.6 Å². The molecule has 0 radical (unpaired) electrons. The molecule has 0 saturated heterocycles. The van der Waals surface area contributed by atoms with Crippen molar-refractivity contribution in [3.63, 3.8) is 0 Å². The zero-order valence-electron chi connectivity index (χ0n) is 14.4. The molecule has 23 heavy (non-hydrogen) atoms. The summed E-state index contributed by atoms with van der Waals surface area (Å²) in [6.45, 7) is 9.22. The van der Waals surface area contributed by atoms with E-state index in [-0.39, 0.29) is 22.1 Å². The van der Waals surface area contributed by atoms with Gasteiger partial charge in [-0.3, -0.25) is 0 Å². The average Bonchev–Trinajstić information content (AvgIpc) is 2.39. The first kappa shape index (κ1) is 20.3. The van der Waals surface area contributed by atoms with Gasteiger partial charge in [0.05, 0.1) is 5.03 Å². The molecule has 6 heteroatoms. The highest BCUT2D eigenvalue weighted by Crippen LogP contribution is 2.49. The summed E-state index contributed by atoms with van der Waals surface area (Å²) in [6.07, 6.45) is -0.485. The minimum Gasteiger partial charge on any atom is -0.427 e. The predicted molar refractivity (Wildman–Crippen MR) is 84.6 cm³/mol. The van der Waals surface area contributed by atoms with E-state index < -0.39 is 17.4 Å². The molecule has 134 valence electrons. The minimum absolute atomic E-state index is 0.0448. The molecule has 0 N–H and O–H groups in total. The first-order valence-electron chi connectivity index (χ1n) is 7.67. The van der Waals surface area contributed by atoms with Gasteiger partial charge in [0.2, 0.25) is 0 Å². The van der Waals surface area contributed by atoms with Gasteiger partial charge in [-0.2, -0.15) is 17.6 Å². The third-order valence-corrected chi connectivity index (χ3v) is 4.95. The minimum atomic E-state index is -4.64. The first-order chi connectivity index (χ1) is 10.2. The standard InChI is InChI=1S/C17H25ClF4O/c1-7-15(5,6)11-8-9-13(12(18)10-11)23-17(21,22)16(19,20)14(2,3)4/h8-9,11H,7,10H2,1-6H3. The topological polar surface area (TPSA) is 9.23 Å². The maximum atomic E-state index is 14.0. The van der Waals surface area contributed by atoms with Gasteiger partial charge in [0.15, 0.2) is 0 Å². The summed E-state index contributed by atoms with van der Waals surface area (Å²) in [6, 6.07) is 0. The molecule has 0 saturated carbocycles. The predicted octanol–water partition coefficient (Wildman–Crippen LogP) is 6.74. The van der Waals surface area contributed by atoms with Crippen LogP contribution in [0, 0.1) is 16.7 Å². The van der Waals surface area contributed by atoms with E-state index >= 15 is 0 Å². The first-order valence-corrected chi connectivity index (χ1v) is 8.05. The zero-order chi connectivity index (χ0) is 18.3. The van der Waals surface area contributed by atoms with Gasteiger partial charge in [-0.25, -0.2) is 0 Å². The number of hydrogen-bond donors (Lipinski definition) is 0. The number of allylic oxidation sites excluding steroid dienone is 3. The van der Waals surface area contributed by atoms with Crippen molar-refractivity contribution < 1.29 is 22.3 Å². The van der Waals surface area contributed by atoms with E-state index in [1.165, 1.54) is 6.08 Å². The fourth-order valence-corrected chi connectivity index (χ4v) is 2.45. The summed E-state index contributed by atoms with van der Waals surface area (Å²) in [4.78, 5) is 0. The van der Waals surface area contributed by atoms with Gasteiger partial charge in [0.25, 0.3) is 0 Å². The summed E-state index contributed by atoms with van der Waals surface area (Å²) in [7, 11) is 0.